The van der Waals surface area contributed by atoms with Crippen LogP contribution < -0.4 is 0 Å². The lowest BCUT2D eigenvalue weighted by Crippen LogP contribution is -2.55. The minimum absolute atomic E-state index is 0.0365. The van der Waals surface area contributed by atoms with Crippen molar-refractivity contribution in [2.45, 2.75) is 58.0 Å². The van der Waals surface area contributed by atoms with Crippen LogP contribution in [0, 0.1) is 5.82 Å². The van der Waals surface area contributed by atoms with Crippen molar-refractivity contribution < 1.29 is 14.0 Å². The van der Waals surface area contributed by atoms with Gasteiger partial charge in [0.15, 0.2) is 0 Å². The molecule has 39 heavy (non-hydrogen) atoms. The summed E-state index contributed by atoms with van der Waals surface area (Å²) in [4.78, 5) is 34.0. The fraction of sp³-hybridized carbons (Fsp3) is 0.438. The maximum Gasteiger partial charge on any atom is 0.254 e. The third-order valence-electron chi connectivity index (χ3n) is 8.10. The van der Waals surface area contributed by atoms with Gasteiger partial charge in [0.2, 0.25) is 5.91 Å². The number of hydrogen-bond acceptors (Lipinski definition) is 4. The second-order valence-corrected chi connectivity index (χ2v) is 11.8. The van der Waals surface area contributed by atoms with E-state index < -0.39 is 0 Å². The van der Waals surface area contributed by atoms with Gasteiger partial charge in [0.25, 0.3) is 5.91 Å². The Morgan fingerprint density at radius 2 is 1.87 bits per heavy atom. The Kier molecular flexibility index (Phi) is 8.78. The minimum atomic E-state index is -0.236. The van der Waals surface area contributed by atoms with Gasteiger partial charge in [0.1, 0.15) is 5.82 Å². The van der Waals surface area contributed by atoms with E-state index in [1.165, 1.54) is 22.1 Å². The number of nitrogens with zero attached hydrogens (tertiary/aromatic N) is 3. The number of benzene rings is 2. The molecule has 5 rings (SSSR count). The first-order valence-electron chi connectivity index (χ1n) is 14.2. The van der Waals surface area contributed by atoms with E-state index in [1.807, 2.05) is 34.9 Å². The fourth-order valence-corrected chi connectivity index (χ4v) is 6.82. The van der Waals surface area contributed by atoms with Crippen LogP contribution in [0.15, 0.2) is 60.0 Å². The Balaban J connectivity index is 1.18. The number of fused-ring (bicyclic) bond motifs is 1. The number of halogens is 1. The molecule has 0 radical (unpaired) electrons. The minimum Gasteiger partial charge on any atom is -0.339 e. The Hall–Kier alpha value is -3.03. The summed E-state index contributed by atoms with van der Waals surface area (Å²) in [5.74, 6) is -0.0856. The molecule has 2 atom stereocenters. The Morgan fingerprint density at radius 3 is 2.62 bits per heavy atom. The van der Waals surface area contributed by atoms with Gasteiger partial charge in [-0.1, -0.05) is 37.6 Å². The maximum atomic E-state index is 14.1. The first kappa shape index (κ1) is 27.5. The Labute approximate surface area is 235 Å². The number of piperazine rings is 1. The largest absolute Gasteiger partial charge is 0.339 e. The number of hydrogen-bond donors (Lipinski definition) is 0. The van der Waals surface area contributed by atoms with Crippen LogP contribution in [0.1, 0.15) is 71.1 Å². The summed E-state index contributed by atoms with van der Waals surface area (Å²) in [5.41, 5.74) is 4.13. The van der Waals surface area contributed by atoms with E-state index in [2.05, 4.69) is 35.4 Å². The van der Waals surface area contributed by atoms with Crippen LogP contribution in [0.5, 0.6) is 0 Å². The zero-order chi connectivity index (χ0) is 27.4. The number of aryl methyl sites for hydroxylation is 1. The second kappa shape index (κ2) is 12.4. The lowest BCUT2D eigenvalue weighted by Gasteiger charge is -2.41. The average Bonchev–Trinajstić information content (AvgIpc) is 3.43. The van der Waals surface area contributed by atoms with Gasteiger partial charge in [-0.3, -0.25) is 14.5 Å². The maximum absolute atomic E-state index is 14.1. The van der Waals surface area contributed by atoms with Gasteiger partial charge >= 0.3 is 0 Å². The summed E-state index contributed by atoms with van der Waals surface area (Å²) in [6.45, 7) is 7.30. The number of amides is 2. The van der Waals surface area contributed by atoms with Crippen LogP contribution >= 0.6 is 11.3 Å². The zero-order valence-corrected chi connectivity index (χ0v) is 23.8. The van der Waals surface area contributed by atoms with Crippen LogP contribution in [0.2, 0.25) is 0 Å². The van der Waals surface area contributed by atoms with Crippen molar-refractivity contribution in [3.05, 3.63) is 92.9 Å². The topological polar surface area (TPSA) is 43.9 Å². The molecule has 5 nitrogen and oxygen atoms in total. The first-order chi connectivity index (χ1) is 18.9. The quantitative estimate of drug-likeness (QED) is 0.351. The van der Waals surface area contributed by atoms with Crippen LogP contribution in [0.3, 0.4) is 0 Å². The zero-order valence-electron chi connectivity index (χ0n) is 22.9. The molecule has 0 unspecified atom stereocenters. The molecule has 0 N–H and O–H groups in total. The lowest BCUT2D eigenvalue weighted by atomic mass is 9.93. The number of carbonyl (C=O) groups is 2. The van der Waals surface area contributed by atoms with Gasteiger partial charge in [0, 0.05) is 55.6 Å². The van der Waals surface area contributed by atoms with Crippen molar-refractivity contribution >= 4 is 23.2 Å². The summed E-state index contributed by atoms with van der Waals surface area (Å²) in [7, 11) is 0. The van der Waals surface area contributed by atoms with Crippen molar-refractivity contribution in [1.29, 1.82) is 0 Å². The number of rotatable bonds is 8. The van der Waals surface area contributed by atoms with Crippen LogP contribution in [-0.2, 0) is 17.6 Å². The molecular weight excluding hydrogens is 509 g/mol. The summed E-state index contributed by atoms with van der Waals surface area (Å²) < 4.78 is 14.1. The van der Waals surface area contributed by atoms with E-state index in [4.69, 9.17) is 0 Å². The Bertz CT molecular complexity index is 1290. The highest BCUT2D eigenvalue weighted by molar-refractivity contribution is 7.10. The molecule has 2 aliphatic rings. The monoisotopic (exact) mass is 547 g/mol. The predicted molar refractivity (Wildman–Crippen MR) is 155 cm³/mol. The van der Waals surface area contributed by atoms with E-state index in [0.29, 0.717) is 38.2 Å². The van der Waals surface area contributed by atoms with Crippen molar-refractivity contribution in [2.75, 3.05) is 32.7 Å². The highest BCUT2D eigenvalue weighted by Crippen LogP contribution is 2.38. The highest BCUT2D eigenvalue weighted by atomic mass is 32.1. The number of thiophene rings is 1. The third kappa shape index (κ3) is 6.25. The molecule has 1 fully saturated rings. The van der Waals surface area contributed by atoms with E-state index >= 15 is 0 Å². The predicted octanol–water partition coefficient (Wildman–Crippen LogP) is 5.94. The molecule has 2 amide bonds. The molecule has 0 spiro atoms. The molecule has 3 aromatic rings. The van der Waals surface area contributed by atoms with Gasteiger partial charge in [0.05, 0.1) is 6.04 Å². The highest BCUT2D eigenvalue weighted by Gasteiger charge is 2.33. The second-order valence-electron chi connectivity index (χ2n) is 10.8. The number of carbonyl (C=O) groups excluding carboxylic acids is 2. The molecule has 0 saturated carbocycles. The first-order valence-corrected chi connectivity index (χ1v) is 15.1. The van der Waals surface area contributed by atoms with E-state index in [9.17, 15) is 14.0 Å². The van der Waals surface area contributed by atoms with Gasteiger partial charge in [-0.2, -0.15) is 0 Å². The molecule has 3 heterocycles. The van der Waals surface area contributed by atoms with Crippen molar-refractivity contribution in [1.82, 2.24) is 14.7 Å². The fourth-order valence-electron chi connectivity index (χ4n) is 5.92. The Morgan fingerprint density at radius 1 is 1.05 bits per heavy atom. The molecule has 2 aromatic carbocycles. The molecule has 0 bridgehead atoms. The smallest absolute Gasteiger partial charge is 0.254 e. The van der Waals surface area contributed by atoms with Gasteiger partial charge in [-0.25, -0.2) is 4.39 Å². The van der Waals surface area contributed by atoms with Gasteiger partial charge < -0.3 is 9.80 Å². The van der Waals surface area contributed by atoms with Crippen molar-refractivity contribution in [3.8, 4) is 0 Å². The van der Waals surface area contributed by atoms with Crippen molar-refractivity contribution in [3.63, 3.8) is 0 Å². The summed E-state index contributed by atoms with van der Waals surface area (Å²) in [6.07, 6.45) is 4.70. The standard InChI is InChI=1S/C32H38FN3O2S/c1-3-4-6-24-9-11-25(12-10-24)32(38)36-19-18-35(22-23(36)2)30(37)14-17-34-16-13-29-28(15-20-39-29)31(34)26-7-5-8-27(33)21-26/h5,7-12,15,20-21,23,31H,3-4,6,13-14,16-19,22H2,1-2H3/t23-,31+/m1/s1. The van der Waals surface area contributed by atoms with E-state index in [-0.39, 0.29) is 29.7 Å². The number of unbranched alkanes of at least 4 members (excludes halogenated alkanes) is 1. The molecule has 2 aliphatic heterocycles. The van der Waals surface area contributed by atoms with Gasteiger partial charge in [-0.15, -0.1) is 11.3 Å². The van der Waals surface area contributed by atoms with Crippen LogP contribution in [0.4, 0.5) is 4.39 Å². The lowest BCUT2D eigenvalue weighted by molar-refractivity contribution is -0.134. The van der Waals surface area contributed by atoms with E-state index in [0.717, 1.165) is 37.8 Å². The average molecular weight is 548 g/mol. The summed E-state index contributed by atoms with van der Waals surface area (Å²) >= 11 is 1.75. The van der Waals surface area contributed by atoms with Crippen molar-refractivity contribution in [2.24, 2.45) is 0 Å². The molecule has 1 saturated heterocycles. The van der Waals surface area contributed by atoms with Crippen LogP contribution in [0.25, 0.3) is 0 Å². The normalized spacial score (nSPS) is 19.7. The molecule has 1 aromatic heterocycles. The summed E-state index contributed by atoms with van der Waals surface area (Å²) in [5, 5.41) is 2.11. The molecule has 0 aliphatic carbocycles. The molecule has 7 heteroatoms. The van der Waals surface area contributed by atoms with Gasteiger partial charge in [-0.05, 0) is 78.6 Å². The van der Waals surface area contributed by atoms with E-state index in [1.54, 1.807) is 23.5 Å². The summed E-state index contributed by atoms with van der Waals surface area (Å²) in [6, 6.07) is 16.9. The van der Waals surface area contributed by atoms with Crippen LogP contribution in [-0.4, -0.2) is 65.3 Å². The molecular formula is C32H38FN3O2S. The third-order valence-corrected chi connectivity index (χ3v) is 9.10. The SMILES string of the molecule is CCCCc1ccc(C(=O)N2CCN(C(=O)CCN3CCc4sccc4[C@@H]3c3cccc(F)c3)C[C@H]2C)cc1. The molecule has 206 valence electrons.